The molecule has 1 amide bonds. The lowest BCUT2D eigenvalue weighted by Gasteiger charge is -2.09. The Morgan fingerprint density at radius 2 is 2.00 bits per heavy atom. The predicted octanol–water partition coefficient (Wildman–Crippen LogP) is 3.55. The van der Waals surface area contributed by atoms with Crippen LogP contribution in [0.3, 0.4) is 0 Å². The van der Waals surface area contributed by atoms with Crippen LogP contribution in [0.4, 0.5) is 18.9 Å². The van der Waals surface area contributed by atoms with Crippen LogP contribution in [0.15, 0.2) is 35.3 Å². The first-order valence-electron chi connectivity index (χ1n) is 4.13. The summed E-state index contributed by atoms with van der Waals surface area (Å²) in [5.74, 6) is -0.584. The number of alkyl halides is 3. The van der Waals surface area contributed by atoms with E-state index in [0.29, 0.717) is 0 Å². The molecule has 2 nitrogen and oxygen atoms in total. The Kier molecular flexibility index (Phi) is 3.74. The molecule has 1 N–H and O–H groups in total. The van der Waals surface area contributed by atoms with Gasteiger partial charge in [-0.25, -0.2) is 0 Å². The first-order chi connectivity index (χ1) is 7.30. The Morgan fingerprint density at radius 3 is 2.50 bits per heavy atom. The highest BCUT2D eigenvalue weighted by atomic mass is 79.9. The Bertz CT molecular complexity index is 428. The van der Waals surface area contributed by atoms with E-state index in [1.807, 2.05) is 0 Å². The number of hydrogen-bond donors (Lipinski definition) is 1. The first kappa shape index (κ1) is 12.8. The maximum Gasteiger partial charge on any atom is 0.416 e. The van der Waals surface area contributed by atoms with Gasteiger partial charge < -0.3 is 5.32 Å². The van der Waals surface area contributed by atoms with Crippen LogP contribution < -0.4 is 5.32 Å². The van der Waals surface area contributed by atoms with Crippen molar-refractivity contribution in [1.29, 1.82) is 0 Å². The van der Waals surface area contributed by atoms with Gasteiger partial charge in [-0.2, -0.15) is 13.2 Å². The molecule has 0 aliphatic carbocycles. The van der Waals surface area contributed by atoms with E-state index in [0.717, 1.165) is 12.1 Å². The molecule has 0 aromatic heterocycles. The van der Waals surface area contributed by atoms with Crippen LogP contribution in [0, 0.1) is 0 Å². The molecule has 0 unspecified atom stereocenters. The molecular formula is C10H7BrF3NO. The zero-order chi connectivity index (χ0) is 12.3. The van der Waals surface area contributed by atoms with Crippen molar-refractivity contribution in [1.82, 2.24) is 0 Å². The number of amides is 1. The molecule has 0 saturated heterocycles. The topological polar surface area (TPSA) is 29.1 Å². The fourth-order valence-electron chi connectivity index (χ4n) is 0.972. The summed E-state index contributed by atoms with van der Waals surface area (Å²) in [6.07, 6.45) is -4.42. The average Bonchev–Trinajstić information content (AvgIpc) is 2.16. The summed E-state index contributed by atoms with van der Waals surface area (Å²) in [6, 6.07) is 4.37. The van der Waals surface area contributed by atoms with E-state index in [2.05, 4.69) is 27.8 Å². The molecule has 0 saturated carbocycles. The Morgan fingerprint density at radius 1 is 1.38 bits per heavy atom. The first-order valence-corrected chi connectivity index (χ1v) is 4.93. The molecule has 16 heavy (non-hydrogen) atoms. The lowest BCUT2D eigenvalue weighted by atomic mass is 10.2. The SMILES string of the molecule is C=C(Br)C(=O)Nc1cccc(C(F)(F)F)c1. The van der Waals surface area contributed by atoms with E-state index >= 15 is 0 Å². The number of nitrogens with one attached hydrogen (secondary N) is 1. The quantitative estimate of drug-likeness (QED) is 0.830. The van der Waals surface area contributed by atoms with Crippen molar-refractivity contribution >= 4 is 27.5 Å². The van der Waals surface area contributed by atoms with Gasteiger partial charge in [0.25, 0.3) is 5.91 Å². The van der Waals surface area contributed by atoms with E-state index in [-0.39, 0.29) is 10.2 Å². The van der Waals surface area contributed by atoms with E-state index in [9.17, 15) is 18.0 Å². The second kappa shape index (κ2) is 4.69. The number of rotatable bonds is 2. The summed E-state index contributed by atoms with van der Waals surface area (Å²) in [5, 5.41) is 2.27. The van der Waals surface area contributed by atoms with Gasteiger partial charge in [0.1, 0.15) is 0 Å². The van der Waals surface area contributed by atoms with Crippen LogP contribution in [0.5, 0.6) is 0 Å². The van der Waals surface area contributed by atoms with Crippen molar-refractivity contribution in [3.63, 3.8) is 0 Å². The molecule has 0 aliphatic rings. The minimum Gasteiger partial charge on any atom is -0.322 e. The van der Waals surface area contributed by atoms with Gasteiger partial charge in [-0.05, 0) is 34.1 Å². The van der Waals surface area contributed by atoms with Crippen molar-refractivity contribution in [2.75, 3.05) is 5.32 Å². The molecule has 0 aliphatic heterocycles. The maximum absolute atomic E-state index is 12.3. The Hall–Kier alpha value is -1.30. The lowest BCUT2D eigenvalue weighted by Crippen LogP contribution is -2.12. The number of anilines is 1. The van der Waals surface area contributed by atoms with Crippen molar-refractivity contribution in [2.45, 2.75) is 6.18 Å². The smallest absolute Gasteiger partial charge is 0.322 e. The summed E-state index contributed by atoms with van der Waals surface area (Å²) in [4.78, 5) is 11.1. The van der Waals surface area contributed by atoms with Gasteiger partial charge in [0, 0.05) is 5.69 Å². The summed E-state index contributed by atoms with van der Waals surface area (Å²) in [6.45, 7) is 3.30. The second-order valence-corrected chi connectivity index (χ2v) is 3.89. The normalized spacial score (nSPS) is 11.0. The number of carbonyl (C=O) groups excluding carboxylic acids is 1. The molecule has 0 bridgehead atoms. The predicted molar refractivity (Wildman–Crippen MR) is 58.1 cm³/mol. The Labute approximate surface area is 98.3 Å². The Balaban J connectivity index is 2.92. The molecule has 1 rings (SSSR count). The average molecular weight is 294 g/mol. The third-order valence-electron chi connectivity index (χ3n) is 1.69. The number of carbonyl (C=O) groups is 1. The molecular weight excluding hydrogens is 287 g/mol. The molecule has 0 fully saturated rings. The molecule has 0 heterocycles. The maximum atomic E-state index is 12.3. The van der Waals surface area contributed by atoms with E-state index in [1.54, 1.807) is 0 Å². The van der Waals surface area contributed by atoms with Gasteiger partial charge in [0.2, 0.25) is 0 Å². The molecule has 1 aromatic carbocycles. The monoisotopic (exact) mass is 293 g/mol. The minimum absolute atomic E-state index is 0.0462. The van der Waals surface area contributed by atoms with Crippen LogP contribution in [0.2, 0.25) is 0 Å². The van der Waals surface area contributed by atoms with E-state index in [4.69, 9.17) is 0 Å². The second-order valence-electron chi connectivity index (χ2n) is 2.94. The highest BCUT2D eigenvalue weighted by Gasteiger charge is 2.30. The summed E-state index contributed by atoms with van der Waals surface area (Å²) in [5.41, 5.74) is -0.745. The van der Waals surface area contributed by atoms with Crippen molar-refractivity contribution in [2.24, 2.45) is 0 Å². The fraction of sp³-hybridized carbons (Fsp3) is 0.100. The summed E-state index contributed by atoms with van der Waals surface area (Å²) >= 11 is 2.83. The molecule has 86 valence electrons. The zero-order valence-corrected chi connectivity index (χ0v) is 9.52. The molecule has 0 atom stereocenters. The summed E-state index contributed by atoms with van der Waals surface area (Å²) in [7, 11) is 0. The number of halogens is 4. The van der Waals surface area contributed by atoms with E-state index in [1.165, 1.54) is 12.1 Å². The van der Waals surface area contributed by atoms with Crippen LogP contribution >= 0.6 is 15.9 Å². The molecule has 6 heteroatoms. The third-order valence-corrected chi connectivity index (χ3v) is 2.05. The summed E-state index contributed by atoms with van der Waals surface area (Å²) < 4.78 is 37.0. The van der Waals surface area contributed by atoms with Gasteiger partial charge in [-0.3, -0.25) is 4.79 Å². The van der Waals surface area contributed by atoms with E-state index < -0.39 is 17.6 Å². The zero-order valence-electron chi connectivity index (χ0n) is 7.94. The van der Waals surface area contributed by atoms with Crippen molar-refractivity contribution in [3.8, 4) is 0 Å². The number of hydrogen-bond acceptors (Lipinski definition) is 1. The van der Waals surface area contributed by atoms with Crippen LogP contribution in [0.1, 0.15) is 5.56 Å². The molecule has 1 aromatic rings. The van der Waals surface area contributed by atoms with Crippen molar-refractivity contribution in [3.05, 3.63) is 40.9 Å². The minimum atomic E-state index is -4.42. The van der Waals surface area contributed by atoms with Gasteiger partial charge in [-0.1, -0.05) is 12.6 Å². The fourth-order valence-corrected chi connectivity index (χ4v) is 1.07. The molecule has 0 radical (unpaired) electrons. The lowest BCUT2D eigenvalue weighted by molar-refractivity contribution is -0.137. The molecule has 0 spiro atoms. The third kappa shape index (κ3) is 3.37. The highest BCUT2D eigenvalue weighted by molar-refractivity contribution is 9.12. The van der Waals surface area contributed by atoms with Crippen LogP contribution in [0.25, 0.3) is 0 Å². The van der Waals surface area contributed by atoms with Gasteiger partial charge in [-0.15, -0.1) is 0 Å². The van der Waals surface area contributed by atoms with Crippen molar-refractivity contribution < 1.29 is 18.0 Å². The standard InChI is InChI=1S/C10H7BrF3NO/c1-6(11)9(16)15-8-4-2-3-7(5-8)10(12,13)14/h2-5H,1H2,(H,15,16). The largest absolute Gasteiger partial charge is 0.416 e. The highest BCUT2D eigenvalue weighted by Crippen LogP contribution is 2.30. The van der Waals surface area contributed by atoms with Crippen LogP contribution in [-0.4, -0.2) is 5.91 Å². The van der Waals surface area contributed by atoms with Crippen LogP contribution in [-0.2, 0) is 11.0 Å². The number of benzene rings is 1. The van der Waals surface area contributed by atoms with Gasteiger partial charge in [0.15, 0.2) is 0 Å². The van der Waals surface area contributed by atoms with Gasteiger partial charge >= 0.3 is 6.18 Å². The van der Waals surface area contributed by atoms with Gasteiger partial charge in [0.05, 0.1) is 10.0 Å².